The number of phenols is 1. The number of aromatic hydroxyl groups is 1. The van der Waals surface area contributed by atoms with Crippen molar-refractivity contribution in [3.05, 3.63) is 23.8 Å². The number of carbonyl (C=O) groups is 1. The van der Waals surface area contributed by atoms with E-state index in [1.54, 1.807) is 0 Å². The lowest BCUT2D eigenvalue weighted by molar-refractivity contribution is -0.275. The lowest BCUT2D eigenvalue weighted by Gasteiger charge is -2.11. The van der Waals surface area contributed by atoms with Crippen molar-refractivity contribution < 1.29 is 27.8 Å². The van der Waals surface area contributed by atoms with Crippen LogP contribution in [0.5, 0.6) is 11.5 Å². The van der Waals surface area contributed by atoms with Gasteiger partial charge in [-0.3, -0.25) is 4.79 Å². The number of hydrogen-bond donors (Lipinski definition) is 2. The minimum atomic E-state index is -4.94. The molecule has 0 aliphatic rings. The number of para-hydroxylation sites is 1. The average molecular weight is 221 g/mol. The van der Waals surface area contributed by atoms with Gasteiger partial charge in [-0.1, -0.05) is 6.07 Å². The van der Waals surface area contributed by atoms with Gasteiger partial charge >= 0.3 is 6.36 Å². The van der Waals surface area contributed by atoms with Gasteiger partial charge in [0.05, 0.1) is 5.56 Å². The number of hydrogen-bond acceptors (Lipinski definition) is 3. The zero-order valence-corrected chi connectivity index (χ0v) is 7.21. The topological polar surface area (TPSA) is 72.6 Å². The molecule has 0 radical (unpaired) electrons. The average Bonchev–Trinajstić information content (AvgIpc) is 2.05. The quantitative estimate of drug-likeness (QED) is 0.792. The Morgan fingerprint density at radius 2 is 2.00 bits per heavy atom. The second-order valence-electron chi connectivity index (χ2n) is 2.56. The minimum Gasteiger partial charge on any atom is -0.504 e. The maximum absolute atomic E-state index is 11.8. The van der Waals surface area contributed by atoms with E-state index in [1.807, 2.05) is 0 Å². The zero-order chi connectivity index (χ0) is 11.6. The van der Waals surface area contributed by atoms with Gasteiger partial charge in [0.1, 0.15) is 0 Å². The van der Waals surface area contributed by atoms with Crippen molar-refractivity contribution in [1.82, 2.24) is 0 Å². The van der Waals surface area contributed by atoms with Crippen LogP contribution in [-0.2, 0) is 0 Å². The largest absolute Gasteiger partial charge is 0.573 e. The molecular formula is C8H6F3NO3. The molecule has 0 saturated heterocycles. The van der Waals surface area contributed by atoms with Crippen LogP contribution in [-0.4, -0.2) is 17.4 Å². The molecule has 1 rings (SSSR count). The highest BCUT2D eigenvalue weighted by molar-refractivity contribution is 5.96. The van der Waals surface area contributed by atoms with E-state index in [4.69, 9.17) is 5.73 Å². The number of alkyl halides is 3. The van der Waals surface area contributed by atoms with E-state index in [-0.39, 0.29) is 0 Å². The van der Waals surface area contributed by atoms with Crippen LogP contribution in [0.2, 0.25) is 0 Å². The van der Waals surface area contributed by atoms with Gasteiger partial charge in [0.25, 0.3) is 5.91 Å². The summed E-state index contributed by atoms with van der Waals surface area (Å²) in [6, 6.07) is 3.07. The van der Waals surface area contributed by atoms with Crippen LogP contribution in [0.15, 0.2) is 18.2 Å². The summed E-state index contributed by atoms with van der Waals surface area (Å²) in [6.07, 6.45) is -4.94. The van der Waals surface area contributed by atoms with Crippen molar-refractivity contribution >= 4 is 5.91 Å². The molecule has 0 bridgehead atoms. The monoisotopic (exact) mass is 221 g/mol. The van der Waals surface area contributed by atoms with Crippen LogP contribution >= 0.6 is 0 Å². The van der Waals surface area contributed by atoms with Crippen molar-refractivity contribution in [1.29, 1.82) is 0 Å². The van der Waals surface area contributed by atoms with Crippen molar-refractivity contribution in [2.24, 2.45) is 5.73 Å². The van der Waals surface area contributed by atoms with Crippen molar-refractivity contribution in [3.63, 3.8) is 0 Å². The number of benzene rings is 1. The lowest BCUT2D eigenvalue weighted by atomic mass is 10.2. The Kier molecular flexibility index (Phi) is 2.74. The molecule has 0 aromatic heterocycles. The maximum atomic E-state index is 11.8. The molecule has 0 aliphatic carbocycles. The summed E-state index contributed by atoms with van der Waals surface area (Å²) >= 11 is 0. The molecule has 0 unspecified atom stereocenters. The van der Waals surface area contributed by atoms with E-state index in [0.29, 0.717) is 0 Å². The zero-order valence-electron chi connectivity index (χ0n) is 7.21. The molecule has 1 aromatic carbocycles. The number of ether oxygens (including phenoxy) is 1. The first-order valence-electron chi connectivity index (χ1n) is 3.69. The Morgan fingerprint density at radius 1 is 1.40 bits per heavy atom. The summed E-state index contributed by atoms with van der Waals surface area (Å²) in [4.78, 5) is 10.7. The summed E-state index contributed by atoms with van der Waals surface area (Å²) in [7, 11) is 0. The molecule has 82 valence electrons. The predicted octanol–water partition coefficient (Wildman–Crippen LogP) is 1.39. The Balaban J connectivity index is 3.10. The van der Waals surface area contributed by atoms with Gasteiger partial charge in [0.2, 0.25) is 0 Å². The van der Waals surface area contributed by atoms with Crippen LogP contribution in [0.3, 0.4) is 0 Å². The molecule has 0 saturated carbocycles. The van der Waals surface area contributed by atoms with Crippen LogP contribution < -0.4 is 10.5 Å². The molecule has 15 heavy (non-hydrogen) atoms. The normalized spacial score (nSPS) is 11.1. The molecule has 0 spiro atoms. The van der Waals surface area contributed by atoms with Crippen LogP contribution in [0.1, 0.15) is 10.4 Å². The Bertz CT molecular complexity index is 389. The fourth-order valence-corrected chi connectivity index (χ4v) is 0.928. The Hall–Kier alpha value is -1.92. The van der Waals surface area contributed by atoms with Crippen molar-refractivity contribution in [2.75, 3.05) is 0 Å². The molecule has 0 heterocycles. The first-order chi connectivity index (χ1) is 6.81. The number of amides is 1. The molecule has 7 heteroatoms. The second-order valence-corrected chi connectivity index (χ2v) is 2.56. The highest BCUT2D eigenvalue weighted by atomic mass is 19.4. The molecule has 4 nitrogen and oxygen atoms in total. The van der Waals surface area contributed by atoms with Crippen molar-refractivity contribution in [2.45, 2.75) is 6.36 Å². The second kappa shape index (κ2) is 3.68. The van der Waals surface area contributed by atoms with E-state index < -0.39 is 29.3 Å². The smallest absolute Gasteiger partial charge is 0.504 e. The third-order valence-corrected chi connectivity index (χ3v) is 1.49. The molecule has 1 amide bonds. The summed E-state index contributed by atoms with van der Waals surface area (Å²) in [6.45, 7) is 0. The fourth-order valence-electron chi connectivity index (χ4n) is 0.928. The third kappa shape index (κ3) is 2.76. The lowest BCUT2D eigenvalue weighted by Crippen LogP contribution is -2.18. The first kappa shape index (κ1) is 11.2. The van der Waals surface area contributed by atoms with E-state index in [2.05, 4.69) is 4.74 Å². The van der Waals surface area contributed by atoms with Gasteiger partial charge in [-0.05, 0) is 12.1 Å². The molecule has 1 aromatic rings. The van der Waals surface area contributed by atoms with Crippen LogP contribution in [0, 0.1) is 0 Å². The van der Waals surface area contributed by atoms with Gasteiger partial charge in [-0.25, -0.2) is 0 Å². The summed E-state index contributed by atoms with van der Waals surface area (Å²) in [5, 5.41) is 9.20. The molecule has 0 atom stereocenters. The Labute approximate surface area is 82.1 Å². The highest BCUT2D eigenvalue weighted by Crippen LogP contribution is 2.33. The SMILES string of the molecule is NC(=O)c1cccc(OC(F)(F)F)c1O. The number of rotatable bonds is 2. The van der Waals surface area contributed by atoms with E-state index >= 15 is 0 Å². The first-order valence-corrected chi connectivity index (χ1v) is 3.69. The third-order valence-electron chi connectivity index (χ3n) is 1.49. The number of primary amides is 1. The number of nitrogens with two attached hydrogens (primary N) is 1. The van der Waals surface area contributed by atoms with Gasteiger partial charge in [0.15, 0.2) is 11.5 Å². The van der Waals surface area contributed by atoms with Gasteiger partial charge < -0.3 is 15.6 Å². The molecule has 3 N–H and O–H groups in total. The minimum absolute atomic E-state index is 0.434. The summed E-state index contributed by atoms with van der Waals surface area (Å²) in [5.41, 5.74) is 4.38. The van der Waals surface area contributed by atoms with E-state index in [9.17, 15) is 23.1 Å². The fraction of sp³-hybridized carbons (Fsp3) is 0.125. The van der Waals surface area contributed by atoms with Crippen LogP contribution in [0.25, 0.3) is 0 Å². The highest BCUT2D eigenvalue weighted by Gasteiger charge is 2.32. The summed E-state index contributed by atoms with van der Waals surface area (Å²) in [5.74, 6) is -2.83. The van der Waals surface area contributed by atoms with Crippen molar-refractivity contribution in [3.8, 4) is 11.5 Å². The van der Waals surface area contributed by atoms with Gasteiger partial charge in [0, 0.05) is 0 Å². The van der Waals surface area contributed by atoms with E-state index in [1.165, 1.54) is 0 Å². The predicted molar refractivity (Wildman–Crippen MR) is 43.3 cm³/mol. The van der Waals surface area contributed by atoms with Crippen LogP contribution in [0.4, 0.5) is 13.2 Å². The molecular weight excluding hydrogens is 215 g/mol. The number of carbonyl (C=O) groups excluding carboxylic acids is 1. The van der Waals surface area contributed by atoms with Gasteiger partial charge in [-0.15, -0.1) is 13.2 Å². The molecule has 0 fully saturated rings. The van der Waals surface area contributed by atoms with E-state index in [0.717, 1.165) is 18.2 Å². The Morgan fingerprint density at radius 3 is 2.47 bits per heavy atom. The standard InChI is InChI=1S/C8H6F3NO3/c9-8(10,11)15-5-3-1-2-4(6(5)13)7(12)14/h1-3,13H,(H2,12,14). The van der Waals surface area contributed by atoms with Gasteiger partial charge in [-0.2, -0.15) is 0 Å². The maximum Gasteiger partial charge on any atom is 0.573 e. The molecule has 0 aliphatic heterocycles. The summed E-state index contributed by atoms with van der Waals surface area (Å²) < 4.78 is 38.9. The number of halogens is 3.